The highest BCUT2D eigenvalue weighted by Crippen LogP contribution is 2.35. The first-order chi connectivity index (χ1) is 21.2. The van der Waals surface area contributed by atoms with E-state index in [0.29, 0.717) is 17.9 Å². The lowest BCUT2D eigenvalue weighted by Gasteiger charge is -2.25. The number of ether oxygens (including phenoxy) is 2. The second-order valence-electron chi connectivity index (χ2n) is 12.1. The minimum atomic E-state index is -0.216. The van der Waals surface area contributed by atoms with E-state index < -0.39 is 0 Å². The largest absolute Gasteiger partial charge is 0.492 e. The van der Waals surface area contributed by atoms with E-state index in [2.05, 4.69) is 70.6 Å². The van der Waals surface area contributed by atoms with Crippen molar-refractivity contribution in [2.75, 3.05) is 53.6 Å². The maximum atomic E-state index is 13.6. The van der Waals surface area contributed by atoms with E-state index in [1.165, 1.54) is 9.75 Å². The van der Waals surface area contributed by atoms with E-state index in [-0.39, 0.29) is 18.0 Å². The van der Waals surface area contributed by atoms with Crippen molar-refractivity contribution in [3.8, 4) is 27.3 Å². The lowest BCUT2D eigenvalue weighted by Crippen LogP contribution is -2.35. The molecule has 1 aliphatic rings. The number of carbonyl (C=O) groups excluding carboxylic acids is 1. The van der Waals surface area contributed by atoms with Crippen molar-refractivity contribution in [2.24, 2.45) is 0 Å². The zero-order chi connectivity index (χ0) is 31.2. The van der Waals surface area contributed by atoms with Gasteiger partial charge < -0.3 is 19.7 Å². The third-order valence-electron chi connectivity index (χ3n) is 7.96. The number of benzene rings is 2. The predicted molar refractivity (Wildman–Crippen MR) is 179 cm³/mol. The van der Waals surface area contributed by atoms with Crippen LogP contribution in [0.25, 0.3) is 21.6 Å². The molecule has 1 atom stereocenters. The minimum Gasteiger partial charge on any atom is -0.492 e. The molecule has 2 aromatic heterocycles. The molecular formula is C35H45N5O3S. The molecule has 0 bridgehead atoms. The van der Waals surface area contributed by atoms with Crippen molar-refractivity contribution >= 4 is 17.2 Å². The number of aryl methyl sites for hydroxylation is 1. The molecule has 0 aliphatic carbocycles. The van der Waals surface area contributed by atoms with E-state index in [1.807, 2.05) is 68.4 Å². The summed E-state index contributed by atoms with van der Waals surface area (Å²) >= 11 is 1.83. The highest BCUT2D eigenvalue weighted by molar-refractivity contribution is 7.15. The van der Waals surface area contributed by atoms with Crippen molar-refractivity contribution in [3.63, 3.8) is 0 Å². The van der Waals surface area contributed by atoms with Crippen molar-refractivity contribution in [1.82, 2.24) is 24.9 Å². The number of aromatic nitrogens is 2. The molecule has 5 rings (SSSR count). The summed E-state index contributed by atoms with van der Waals surface area (Å²) in [6.45, 7) is 14.1. The van der Waals surface area contributed by atoms with Crippen molar-refractivity contribution < 1.29 is 14.3 Å². The van der Waals surface area contributed by atoms with Crippen LogP contribution < -0.4 is 10.1 Å². The standard InChI is InChI=1S/C35H45N5O3S/c1-24(2)40-22-30(21-36-40)28-17-27(18-29(19-28)34-10-9-32(44-34)23-39-12-14-42-15-13-39)26(4)37-35(41)33-20-31(8-7-25(33)3)43-16-11-38(5)6/h7-10,17-22,24,26H,11-16,23H2,1-6H3,(H,37,41)/t26-/m1/s1. The van der Waals surface area contributed by atoms with E-state index in [9.17, 15) is 4.79 Å². The zero-order valence-electron chi connectivity index (χ0n) is 26.8. The van der Waals surface area contributed by atoms with Gasteiger partial charge in [0.05, 0.1) is 25.5 Å². The molecule has 44 heavy (non-hydrogen) atoms. The monoisotopic (exact) mass is 615 g/mol. The van der Waals surface area contributed by atoms with E-state index in [1.54, 1.807) is 0 Å². The van der Waals surface area contributed by atoms with Crippen LogP contribution >= 0.6 is 11.3 Å². The number of thiophene rings is 1. The Morgan fingerprint density at radius 1 is 1.05 bits per heavy atom. The smallest absolute Gasteiger partial charge is 0.252 e. The summed E-state index contributed by atoms with van der Waals surface area (Å²) in [6, 6.07) is 16.8. The SMILES string of the molecule is Cc1ccc(OCCN(C)C)cc1C(=O)N[C@H](C)c1cc(-c2cnn(C(C)C)c2)cc(-c2ccc(CN3CCOCC3)s2)c1. The van der Waals surface area contributed by atoms with Crippen molar-refractivity contribution in [1.29, 1.82) is 0 Å². The van der Waals surface area contributed by atoms with Crippen LogP contribution in [0.1, 0.15) is 59.2 Å². The van der Waals surface area contributed by atoms with E-state index in [4.69, 9.17) is 9.47 Å². The minimum absolute atomic E-state index is 0.114. The number of nitrogens with zero attached hydrogens (tertiary/aromatic N) is 4. The molecule has 1 aliphatic heterocycles. The van der Waals surface area contributed by atoms with Gasteiger partial charge in [-0.3, -0.25) is 14.4 Å². The van der Waals surface area contributed by atoms with Gasteiger partial charge in [-0.25, -0.2) is 0 Å². The maximum Gasteiger partial charge on any atom is 0.252 e. The average Bonchev–Trinajstić information content (AvgIpc) is 3.69. The van der Waals surface area contributed by atoms with Gasteiger partial charge in [-0.15, -0.1) is 11.3 Å². The first-order valence-corrected chi connectivity index (χ1v) is 16.3. The Bertz CT molecular complexity index is 1550. The van der Waals surface area contributed by atoms with Gasteiger partial charge >= 0.3 is 0 Å². The van der Waals surface area contributed by atoms with E-state index >= 15 is 0 Å². The molecule has 8 nitrogen and oxygen atoms in total. The van der Waals surface area contributed by atoms with Crippen LogP contribution in [0.2, 0.25) is 0 Å². The molecule has 0 spiro atoms. The van der Waals surface area contributed by atoms with Crippen LogP contribution in [-0.2, 0) is 11.3 Å². The number of likely N-dealkylation sites (N-methyl/N-ethyl adjacent to an activating group) is 1. The number of hydrogen-bond acceptors (Lipinski definition) is 7. The zero-order valence-corrected chi connectivity index (χ0v) is 27.6. The van der Waals surface area contributed by atoms with Gasteiger partial charge in [0, 0.05) is 59.3 Å². The number of amides is 1. The van der Waals surface area contributed by atoms with Crippen LogP contribution in [0.5, 0.6) is 5.75 Å². The second kappa shape index (κ2) is 14.5. The highest BCUT2D eigenvalue weighted by atomic mass is 32.1. The van der Waals surface area contributed by atoms with Gasteiger partial charge in [-0.05, 0) is 107 Å². The molecule has 2 aromatic carbocycles. The van der Waals surface area contributed by atoms with Crippen molar-refractivity contribution in [2.45, 2.75) is 46.3 Å². The molecule has 1 amide bonds. The molecule has 4 aromatic rings. The summed E-state index contributed by atoms with van der Waals surface area (Å²) in [7, 11) is 4.02. The van der Waals surface area contributed by atoms with Crippen LogP contribution in [0.15, 0.2) is 60.9 Å². The summed E-state index contributed by atoms with van der Waals surface area (Å²) in [5.74, 6) is 0.587. The van der Waals surface area contributed by atoms with Gasteiger partial charge in [-0.1, -0.05) is 6.07 Å². The predicted octanol–water partition coefficient (Wildman–Crippen LogP) is 6.43. The summed E-state index contributed by atoms with van der Waals surface area (Å²) in [4.78, 5) is 20.6. The normalized spacial score (nSPS) is 14.7. The molecule has 9 heteroatoms. The van der Waals surface area contributed by atoms with Crippen LogP contribution in [-0.4, -0.2) is 79.0 Å². The van der Waals surface area contributed by atoms with Gasteiger partial charge in [0.1, 0.15) is 12.4 Å². The Labute approximate surface area is 265 Å². The molecular weight excluding hydrogens is 570 g/mol. The number of rotatable bonds is 12. The molecule has 1 fully saturated rings. The molecule has 234 valence electrons. The average molecular weight is 616 g/mol. The van der Waals surface area contributed by atoms with E-state index in [0.717, 1.165) is 67.2 Å². The van der Waals surface area contributed by atoms with Gasteiger partial charge in [0.2, 0.25) is 0 Å². The highest BCUT2D eigenvalue weighted by Gasteiger charge is 2.18. The maximum absolute atomic E-state index is 13.6. The summed E-state index contributed by atoms with van der Waals surface area (Å²) in [6.07, 6.45) is 4.02. The molecule has 1 saturated heterocycles. The molecule has 0 unspecified atom stereocenters. The van der Waals surface area contributed by atoms with Crippen LogP contribution in [0, 0.1) is 6.92 Å². The number of nitrogens with one attached hydrogen (secondary N) is 1. The molecule has 3 heterocycles. The van der Waals surface area contributed by atoms with Crippen molar-refractivity contribution in [3.05, 3.63) is 82.5 Å². The Hall–Kier alpha value is -3.50. The quantitative estimate of drug-likeness (QED) is 0.198. The topological polar surface area (TPSA) is 71.9 Å². The van der Waals surface area contributed by atoms with Gasteiger partial charge in [0.25, 0.3) is 5.91 Å². The first-order valence-electron chi connectivity index (χ1n) is 15.4. The Morgan fingerprint density at radius 2 is 1.82 bits per heavy atom. The fraction of sp³-hybridized carbons (Fsp3) is 0.429. The summed E-state index contributed by atoms with van der Waals surface area (Å²) < 4.78 is 13.4. The summed E-state index contributed by atoms with van der Waals surface area (Å²) in [5, 5.41) is 7.85. The number of hydrogen-bond donors (Lipinski definition) is 1. The number of morpholine rings is 1. The third-order valence-corrected chi connectivity index (χ3v) is 9.08. The van der Waals surface area contributed by atoms with Crippen LogP contribution in [0.4, 0.5) is 0 Å². The fourth-order valence-corrected chi connectivity index (χ4v) is 6.25. The van der Waals surface area contributed by atoms with Gasteiger partial charge in [0.15, 0.2) is 0 Å². The Kier molecular flexibility index (Phi) is 10.5. The lowest BCUT2D eigenvalue weighted by atomic mass is 9.97. The Morgan fingerprint density at radius 3 is 2.55 bits per heavy atom. The molecule has 0 radical (unpaired) electrons. The molecule has 0 saturated carbocycles. The fourth-order valence-electron chi connectivity index (χ4n) is 5.22. The second-order valence-corrected chi connectivity index (χ2v) is 13.3. The third kappa shape index (κ3) is 8.15. The van der Waals surface area contributed by atoms with Crippen LogP contribution in [0.3, 0.4) is 0 Å². The first kappa shape index (κ1) is 31.9. The lowest BCUT2D eigenvalue weighted by molar-refractivity contribution is 0.0346. The van der Waals surface area contributed by atoms with Gasteiger partial charge in [-0.2, -0.15) is 5.10 Å². The number of carbonyl (C=O) groups is 1. The summed E-state index contributed by atoms with van der Waals surface area (Å²) in [5.41, 5.74) is 5.87. The molecule has 1 N–H and O–H groups in total. The Balaban J connectivity index is 1.40.